The minimum absolute atomic E-state index is 0.112. The Morgan fingerprint density at radius 2 is 2.21 bits per heavy atom. The number of aryl methyl sites for hydroxylation is 1. The minimum atomic E-state index is -0.112. The van der Waals surface area contributed by atoms with Gasteiger partial charge in [-0.3, -0.25) is 4.68 Å². The number of hydrogen-bond acceptors (Lipinski definition) is 3. The quantitative estimate of drug-likeness (QED) is 0.761. The van der Waals surface area contributed by atoms with Gasteiger partial charge in [0.1, 0.15) is 0 Å². The standard InChI is InChI=1S/C10H17N3O/c1-2-13-8-5-10(11-13)12-6-3-9(14)4-7-12/h5,8-9,14H,2-4,6-7H2,1H3. The second-order valence-electron chi connectivity index (χ2n) is 3.75. The van der Waals surface area contributed by atoms with Crippen molar-refractivity contribution in [3.63, 3.8) is 0 Å². The normalized spacial score (nSPS) is 18.9. The van der Waals surface area contributed by atoms with Gasteiger partial charge in [-0.25, -0.2) is 0 Å². The molecule has 0 radical (unpaired) electrons. The summed E-state index contributed by atoms with van der Waals surface area (Å²) in [6.07, 6.45) is 3.61. The smallest absolute Gasteiger partial charge is 0.150 e. The monoisotopic (exact) mass is 195 g/mol. The summed E-state index contributed by atoms with van der Waals surface area (Å²) in [7, 11) is 0. The molecule has 4 nitrogen and oxygen atoms in total. The van der Waals surface area contributed by atoms with Crippen molar-refractivity contribution in [2.45, 2.75) is 32.4 Å². The number of anilines is 1. The molecule has 0 aliphatic carbocycles. The fourth-order valence-corrected chi connectivity index (χ4v) is 1.79. The molecule has 2 heterocycles. The lowest BCUT2D eigenvalue weighted by molar-refractivity contribution is 0.145. The Balaban J connectivity index is 2.01. The van der Waals surface area contributed by atoms with E-state index in [1.165, 1.54) is 0 Å². The highest BCUT2D eigenvalue weighted by Gasteiger charge is 2.18. The van der Waals surface area contributed by atoms with Crippen LogP contribution in [0.4, 0.5) is 5.82 Å². The molecule has 1 aliphatic rings. The van der Waals surface area contributed by atoms with Crippen molar-refractivity contribution in [2.75, 3.05) is 18.0 Å². The van der Waals surface area contributed by atoms with Gasteiger partial charge in [0.25, 0.3) is 0 Å². The maximum Gasteiger partial charge on any atom is 0.150 e. The van der Waals surface area contributed by atoms with Crippen molar-refractivity contribution < 1.29 is 5.11 Å². The molecule has 1 aliphatic heterocycles. The second kappa shape index (κ2) is 4.00. The molecule has 1 fully saturated rings. The highest BCUT2D eigenvalue weighted by molar-refractivity contribution is 5.37. The highest BCUT2D eigenvalue weighted by Crippen LogP contribution is 2.17. The van der Waals surface area contributed by atoms with Gasteiger partial charge in [-0.2, -0.15) is 5.10 Å². The van der Waals surface area contributed by atoms with Crippen LogP contribution in [-0.2, 0) is 6.54 Å². The van der Waals surface area contributed by atoms with E-state index in [4.69, 9.17) is 0 Å². The van der Waals surface area contributed by atoms with Crippen molar-refractivity contribution in [2.24, 2.45) is 0 Å². The lowest BCUT2D eigenvalue weighted by atomic mass is 10.1. The van der Waals surface area contributed by atoms with Crippen LogP contribution in [0.3, 0.4) is 0 Å². The van der Waals surface area contributed by atoms with E-state index in [0.29, 0.717) is 0 Å². The molecule has 0 aromatic carbocycles. The van der Waals surface area contributed by atoms with Crippen molar-refractivity contribution >= 4 is 5.82 Å². The molecule has 78 valence electrons. The Morgan fingerprint density at radius 1 is 1.50 bits per heavy atom. The zero-order chi connectivity index (χ0) is 9.97. The van der Waals surface area contributed by atoms with Crippen LogP contribution < -0.4 is 4.90 Å². The van der Waals surface area contributed by atoms with Crippen molar-refractivity contribution in [1.82, 2.24) is 9.78 Å². The van der Waals surface area contributed by atoms with Crippen LogP contribution in [0.1, 0.15) is 19.8 Å². The number of aromatic nitrogens is 2. The second-order valence-corrected chi connectivity index (χ2v) is 3.75. The SMILES string of the molecule is CCn1ccc(N2CCC(O)CC2)n1. The van der Waals surface area contributed by atoms with Gasteiger partial charge in [0.2, 0.25) is 0 Å². The van der Waals surface area contributed by atoms with E-state index < -0.39 is 0 Å². The van der Waals surface area contributed by atoms with Crippen LogP contribution in [0.5, 0.6) is 0 Å². The van der Waals surface area contributed by atoms with Crippen molar-refractivity contribution in [1.29, 1.82) is 0 Å². The summed E-state index contributed by atoms with van der Waals surface area (Å²) < 4.78 is 1.93. The van der Waals surface area contributed by atoms with Gasteiger partial charge in [-0.1, -0.05) is 0 Å². The van der Waals surface area contributed by atoms with E-state index in [-0.39, 0.29) is 6.10 Å². The van der Waals surface area contributed by atoms with E-state index in [1.54, 1.807) is 0 Å². The topological polar surface area (TPSA) is 41.3 Å². The molecule has 0 saturated carbocycles. The molecule has 14 heavy (non-hydrogen) atoms. The van der Waals surface area contributed by atoms with Gasteiger partial charge >= 0.3 is 0 Å². The highest BCUT2D eigenvalue weighted by atomic mass is 16.3. The number of aliphatic hydroxyl groups excluding tert-OH is 1. The first-order valence-electron chi connectivity index (χ1n) is 5.26. The average molecular weight is 195 g/mol. The predicted octanol–water partition coefficient (Wildman–Crippen LogP) is 0.864. The van der Waals surface area contributed by atoms with Gasteiger partial charge in [0, 0.05) is 31.9 Å². The lowest BCUT2D eigenvalue weighted by Crippen LogP contribution is -2.36. The van der Waals surface area contributed by atoms with Gasteiger partial charge in [-0.15, -0.1) is 0 Å². The van der Waals surface area contributed by atoms with Gasteiger partial charge in [0.15, 0.2) is 5.82 Å². The number of rotatable bonds is 2. The van der Waals surface area contributed by atoms with Crippen LogP contribution in [0.15, 0.2) is 12.3 Å². The maximum atomic E-state index is 9.37. The molecular formula is C10H17N3O. The summed E-state index contributed by atoms with van der Waals surface area (Å²) in [6, 6.07) is 2.04. The van der Waals surface area contributed by atoms with Crippen LogP contribution in [0.2, 0.25) is 0 Å². The van der Waals surface area contributed by atoms with E-state index >= 15 is 0 Å². The maximum absolute atomic E-state index is 9.37. The molecule has 0 atom stereocenters. The molecule has 1 N–H and O–H groups in total. The van der Waals surface area contributed by atoms with Crippen LogP contribution >= 0.6 is 0 Å². The fourth-order valence-electron chi connectivity index (χ4n) is 1.79. The summed E-state index contributed by atoms with van der Waals surface area (Å²) in [5.41, 5.74) is 0. The molecule has 1 aromatic heterocycles. The Hall–Kier alpha value is -1.03. The molecule has 0 bridgehead atoms. The van der Waals surface area contributed by atoms with E-state index in [1.807, 2.05) is 16.9 Å². The lowest BCUT2D eigenvalue weighted by Gasteiger charge is -2.29. The van der Waals surface area contributed by atoms with Gasteiger partial charge in [-0.05, 0) is 19.8 Å². The first-order chi connectivity index (χ1) is 6.79. The van der Waals surface area contributed by atoms with Crippen molar-refractivity contribution in [3.8, 4) is 0 Å². The third-order valence-corrected chi connectivity index (χ3v) is 2.74. The summed E-state index contributed by atoms with van der Waals surface area (Å²) in [6.45, 7) is 4.83. The summed E-state index contributed by atoms with van der Waals surface area (Å²) in [5, 5.41) is 13.8. The average Bonchev–Trinajstić information content (AvgIpc) is 2.67. The van der Waals surface area contributed by atoms with E-state index in [0.717, 1.165) is 38.3 Å². The summed E-state index contributed by atoms with van der Waals surface area (Å²) >= 11 is 0. The Bertz CT molecular complexity index is 289. The largest absolute Gasteiger partial charge is 0.393 e. The molecule has 1 aromatic rings. The van der Waals surface area contributed by atoms with Crippen LogP contribution in [0.25, 0.3) is 0 Å². The molecular weight excluding hydrogens is 178 g/mol. The first-order valence-corrected chi connectivity index (χ1v) is 5.26. The Kier molecular flexibility index (Phi) is 2.72. The van der Waals surface area contributed by atoms with Crippen LogP contribution in [-0.4, -0.2) is 34.1 Å². The number of nitrogens with zero attached hydrogens (tertiary/aromatic N) is 3. The molecule has 0 amide bonds. The Morgan fingerprint density at radius 3 is 2.79 bits per heavy atom. The van der Waals surface area contributed by atoms with Gasteiger partial charge in [0.05, 0.1) is 6.10 Å². The molecule has 2 rings (SSSR count). The molecule has 1 saturated heterocycles. The molecule has 4 heteroatoms. The summed E-state index contributed by atoms with van der Waals surface area (Å²) in [4.78, 5) is 2.24. The first kappa shape index (κ1) is 9.52. The van der Waals surface area contributed by atoms with Gasteiger partial charge < -0.3 is 10.0 Å². The number of aliphatic hydroxyl groups is 1. The fraction of sp³-hybridized carbons (Fsp3) is 0.700. The molecule has 0 unspecified atom stereocenters. The minimum Gasteiger partial charge on any atom is -0.393 e. The third kappa shape index (κ3) is 1.90. The van der Waals surface area contributed by atoms with Crippen LogP contribution in [0, 0.1) is 0 Å². The predicted molar refractivity (Wildman–Crippen MR) is 55.4 cm³/mol. The third-order valence-electron chi connectivity index (χ3n) is 2.74. The van der Waals surface area contributed by atoms with E-state index in [9.17, 15) is 5.11 Å². The van der Waals surface area contributed by atoms with Crippen molar-refractivity contribution in [3.05, 3.63) is 12.3 Å². The number of hydrogen-bond donors (Lipinski definition) is 1. The number of piperidine rings is 1. The zero-order valence-corrected chi connectivity index (χ0v) is 8.56. The molecule has 0 spiro atoms. The zero-order valence-electron chi connectivity index (χ0n) is 8.56. The van der Waals surface area contributed by atoms with E-state index in [2.05, 4.69) is 16.9 Å². The summed E-state index contributed by atoms with van der Waals surface area (Å²) in [5.74, 6) is 1.04. The Labute approximate surface area is 84.1 Å².